The first-order valence-corrected chi connectivity index (χ1v) is 9.20. The molecule has 1 aliphatic rings. The van der Waals surface area contributed by atoms with E-state index in [4.69, 9.17) is 11.6 Å². The molecular weight excluding hydrogens is 318 g/mol. The fraction of sp³-hybridized carbons (Fsp3) is 0.375. The molecule has 1 aliphatic carbocycles. The summed E-state index contributed by atoms with van der Waals surface area (Å²) in [5, 5.41) is 12.3. The molecule has 0 spiro atoms. The number of benzene rings is 1. The van der Waals surface area contributed by atoms with Gasteiger partial charge >= 0.3 is 0 Å². The molecule has 1 fully saturated rings. The van der Waals surface area contributed by atoms with Crippen LogP contribution in [0.15, 0.2) is 36.4 Å². The topological polar surface area (TPSA) is 54.9 Å². The molecule has 0 aliphatic heterocycles. The van der Waals surface area contributed by atoms with Crippen LogP contribution in [-0.4, -0.2) is 32.0 Å². The zero-order chi connectivity index (χ0) is 15.6. The second kappa shape index (κ2) is 6.34. The normalized spacial score (nSPS) is 17.5. The second-order valence-electron chi connectivity index (χ2n) is 5.63. The molecule has 1 saturated carbocycles. The van der Waals surface area contributed by atoms with Crippen molar-refractivity contribution in [3.63, 3.8) is 0 Å². The van der Waals surface area contributed by atoms with Crippen LogP contribution in [0, 0.1) is 0 Å². The molecule has 3 rings (SSSR count). The Morgan fingerprint density at radius 2 is 2.00 bits per heavy atom. The quantitative estimate of drug-likeness (QED) is 0.908. The lowest BCUT2D eigenvalue weighted by Gasteiger charge is -2.39. The number of halogens is 1. The number of hydrogen-bond donors (Lipinski definition) is 1. The van der Waals surface area contributed by atoms with Crippen LogP contribution in [0.5, 0.6) is 0 Å². The average Bonchev–Trinajstić information content (AvgIpc) is 2.47. The smallest absolute Gasteiger partial charge is 0.148 e. The maximum Gasteiger partial charge on any atom is 0.148 e. The van der Waals surface area contributed by atoms with Crippen molar-refractivity contribution in [2.24, 2.45) is 0 Å². The molecule has 116 valence electrons. The molecule has 0 saturated heterocycles. The standard InChI is InChI=1S/C16H18ClN3OS/c1-22(21)16(9-4-10-16)11-18-15-8-7-14(19-20-15)12-5-2-3-6-13(12)17/h2-3,5-8H,4,9-11H2,1H3,(H,18,20). The predicted octanol–water partition coefficient (Wildman–Crippen LogP) is 3.51. The number of nitrogens with one attached hydrogen (secondary N) is 1. The molecule has 1 unspecified atom stereocenters. The Bertz CT molecular complexity index is 686. The molecule has 0 amide bonds. The SMILES string of the molecule is CS(=O)C1(CNc2ccc(-c3ccccc3Cl)nn2)CCC1. The van der Waals surface area contributed by atoms with Crippen molar-refractivity contribution in [3.05, 3.63) is 41.4 Å². The second-order valence-corrected chi connectivity index (χ2v) is 7.81. The number of rotatable bonds is 5. The van der Waals surface area contributed by atoms with Crippen molar-refractivity contribution in [2.75, 3.05) is 18.1 Å². The van der Waals surface area contributed by atoms with E-state index >= 15 is 0 Å². The van der Waals surface area contributed by atoms with Crippen LogP contribution in [-0.2, 0) is 10.8 Å². The molecular formula is C16H18ClN3OS. The maximum absolute atomic E-state index is 11.9. The zero-order valence-corrected chi connectivity index (χ0v) is 14.0. The van der Waals surface area contributed by atoms with Crippen LogP contribution in [0.25, 0.3) is 11.3 Å². The highest BCUT2D eigenvalue weighted by atomic mass is 35.5. The molecule has 1 heterocycles. The van der Waals surface area contributed by atoms with E-state index in [1.807, 2.05) is 36.4 Å². The fourth-order valence-corrected chi connectivity index (χ4v) is 4.00. The molecule has 1 aromatic heterocycles. The zero-order valence-electron chi connectivity index (χ0n) is 12.4. The van der Waals surface area contributed by atoms with E-state index in [9.17, 15) is 4.21 Å². The Morgan fingerprint density at radius 3 is 2.55 bits per heavy atom. The third-order valence-corrected chi connectivity index (χ3v) is 6.38. The first-order chi connectivity index (χ1) is 10.6. The summed E-state index contributed by atoms with van der Waals surface area (Å²) >= 11 is 6.16. The van der Waals surface area contributed by atoms with E-state index in [1.54, 1.807) is 6.26 Å². The third kappa shape index (κ3) is 3.01. The summed E-state index contributed by atoms with van der Waals surface area (Å²) in [6.45, 7) is 0.677. The first kappa shape index (κ1) is 15.4. The lowest BCUT2D eigenvalue weighted by molar-refractivity contribution is 0.368. The van der Waals surface area contributed by atoms with Crippen LogP contribution in [0.3, 0.4) is 0 Å². The minimum atomic E-state index is -0.821. The van der Waals surface area contributed by atoms with Crippen LogP contribution in [0.1, 0.15) is 19.3 Å². The minimum Gasteiger partial charge on any atom is -0.367 e. The monoisotopic (exact) mass is 335 g/mol. The van der Waals surface area contributed by atoms with Crippen molar-refractivity contribution in [2.45, 2.75) is 24.0 Å². The van der Waals surface area contributed by atoms with E-state index in [0.717, 1.165) is 30.5 Å². The van der Waals surface area contributed by atoms with Crippen LogP contribution in [0.4, 0.5) is 5.82 Å². The molecule has 6 heteroatoms. The van der Waals surface area contributed by atoms with Gasteiger partial charge in [0.15, 0.2) is 0 Å². The van der Waals surface area contributed by atoms with Gasteiger partial charge in [0.05, 0.1) is 15.5 Å². The van der Waals surface area contributed by atoms with Crippen LogP contribution < -0.4 is 5.32 Å². The average molecular weight is 336 g/mol. The van der Waals surface area contributed by atoms with Gasteiger partial charge in [0, 0.05) is 29.2 Å². The Labute approximate surface area is 137 Å². The van der Waals surface area contributed by atoms with Gasteiger partial charge in [0.1, 0.15) is 5.82 Å². The van der Waals surface area contributed by atoms with E-state index in [1.165, 1.54) is 0 Å². The number of anilines is 1. The highest BCUT2D eigenvalue weighted by Crippen LogP contribution is 2.37. The third-order valence-electron chi connectivity index (χ3n) is 4.28. The summed E-state index contributed by atoms with van der Waals surface area (Å²) in [4.78, 5) is 0. The van der Waals surface area contributed by atoms with Crippen molar-refractivity contribution in [1.82, 2.24) is 10.2 Å². The first-order valence-electron chi connectivity index (χ1n) is 7.27. The number of nitrogens with zero attached hydrogens (tertiary/aromatic N) is 2. The Kier molecular flexibility index (Phi) is 4.45. The minimum absolute atomic E-state index is 0.0942. The lowest BCUT2D eigenvalue weighted by atomic mass is 9.84. The largest absolute Gasteiger partial charge is 0.367 e. The van der Waals surface area contributed by atoms with Crippen molar-refractivity contribution in [1.29, 1.82) is 0 Å². The Hall–Kier alpha value is -1.46. The van der Waals surface area contributed by atoms with Gasteiger partial charge in [0.25, 0.3) is 0 Å². The number of aromatic nitrogens is 2. The van der Waals surface area contributed by atoms with E-state index < -0.39 is 10.8 Å². The highest BCUT2D eigenvalue weighted by molar-refractivity contribution is 7.85. The Morgan fingerprint density at radius 1 is 1.23 bits per heavy atom. The van der Waals surface area contributed by atoms with Gasteiger partial charge < -0.3 is 5.32 Å². The van der Waals surface area contributed by atoms with Crippen molar-refractivity contribution < 1.29 is 4.21 Å². The van der Waals surface area contributed by atoms with Crippen LogP contribution >= 0.6 is 11.6 Å². The molecule has 22 heavy (non-hydrogen) atoms. The summed E-state index contributed by atoms with van der Waals surface area (Å²) in [6.07, 6.45) is 4.95. The molecule has 2 aromatic rings. The lowest BCUT2D eigenvalue weighted by Crippen LogP contribution is -2.47. The van der Waals surface area contributed by atoms with Gasteiger partial charge in [-0.3, -0.25) is 4.21 Å². The summed E-state index contributed by atoms with van der Waals surface area (Å²) in [5.74, 6) is 0.701. The van der Waals surface area contributed by atoms with Gasteiger partial charge in [-0.25, -0.2) is 0 Å². The van der Waals surface area contributed by atoms with Gasteiger partial charge in [-0.05, 0) is 31.0 Å². The van der Waals surface area contributed by atoms with Crippen molar-refractivity contribution in [3.8, 4) is 11.3 Å². The van der Waals surface area contributed by atoms with Gasteiger partial charge in [-0.15, -0.1) is 10.2 Å². The molecule has 1 aromatic carbocycles. The maximum atomic E-state index is 11.9. The molecule has 0 radical (unpaired) electrons. The Balaban J connectivity index is 1.70. The molecule has 1 N–H and O–H groups in total. The van der Waals surface area contributed by atoms with Gasteiger partial charge in [0.2, 0.25) is 0 Å². The van der Waals surface area contributed by atoms with Gasteiger partial charge in [-0.2, -0.15) is 0 Å². The fourth-order valence-electron chi connectivity index (χ4n) is 2.63. The molecule has 1 atom stereocenters. The predicted molar refractivity (Wildman–Crippen MR) is 91.6 cm³/mol. The highest BCUT2D eigenvalue weighted by Gasteiger charge is 2.40. The molecule has 4 nitrogen and oxygen atoms in total. The summed E-state index contributed by atoms with van der Waals surface area (Å²) < 4.78 is 11.8. The van der Waals surface area contributed by atoms with E-state index in [2.05, 4.69) is 15.5 Å². The van der Waals surface area contributed by atoms with Crippen molar-refractivity contribution >= 4 is 28.2 Å². The van der Waals surface area contributed by atoms with E-state index in [-0.39, 0.29) is 4.75 Å². The summed E-state index contributed by atoms with van der Waals surface area (Å²) in [7, 11) is -0.821. The van der Waals surface area contributed by atoms with E-state index in [0.29, 0.717) is 17.4 Å². The summed E-state index contributed by atoms with van der Waals surface area (Å²) in [6, 6.07) is 11.3. The number of hydrogen-bond acceptors (Lipinski definition) is 4. The van der Waals surface area contributed by atoms with Crippen LogP contribution in [0.2, 0.25) is 5.02 Å². The van der Waals surface area contributed by atoms with Gasteiger partial charge in [-0.1, -0.05) is 36.2 Å². The molecule has 0 bridgehead atoms. The summed E-state index contributed by atoms with van der Waals surface area (Å²) in [5.41, 5.74) is 1.61.